The molecule has 1 aromatic rings. The molecule has 0 radical (unpaired) electrons. The van der Waals surface area contributed by atoms with Gasteiger partial charge in [-0.15, -0.1) is 10.2 Å². The van der Waals surface area contributed by atoms with E-state index in [9.17, 15) is 0 Å². The van der Waals surface area contributed by atoms with Gasteiger partial charge in [0.15, 0.2) is 5.96 Å². The molecule has 2 aliphatic rings. The number of rotatable bonds is 7. The van der Waals surface area contributed by atoms with E-state index in [1.54, 1.807) is 6.33 Å². The van der Waals surface area contributed by atoms with E-state index in [2.05, 4.69) is 44.2 Å². The summed E-state index contributed by atoms with van der Waals surface area (Å²) in [6.45, 7) is 6.64. The fourth-order valence-corrected chi connectivity index (χ4v) is 4.03. The minimum atomic E-state index is 0.345. The Bertz CT molecular complexity index is 565. The molecule has 2 N–H and O–H groups in total. The van der Waals surface area contributed by atoms with Crippen LogP contribution < -0.4 is 10.6 Å². The van der Waals surface area contributed by atoms with Crippen molar-refractivity contribution in [2.45, 2.75) is 64.6 Å². The number of hydrogen-bond donors (Lipinski definition) is 2. The second-order valence-electron chi connectivity index (χ2n) is 6.76. The molecule has 1 aromatic heterocycles. The van der Waals surface area contributed by atoms with E-state index in [-0.39, 0.29) is 0 Å². The standard InChI is InChI=1S/C17H30N6O/c1-4-15-22-20-12-23(15)10-9-19-16(18-3)21-13-11-14(24-5-2)17(13)7-6-8-17/h12-14H,4-11H2,1-3H3,(H2,18,19,21). The summed E-state index contributed by atoms with van der Waals surface area (Å²) >= 11 is 0. The highest BCUT2D eigenvalue weighted by atomic mass is 16.5. The van der Waals surface area contributed by atoms with Gasteiger partial charge in [0.25, 0.3) is 0 Å². The molecule has 1 spiro atoms. The molecular formula is C17H30N6O. The van der Waals surface area contributed by atoms with Gasteiger partial charge in [0.05, 0.1) is 6.10 Å². The van der Waals surface area contributed by atoms with Crippen molar-refractivity contribution >= 4 is 5.96 Å². The van der Waals surface area contributed by atoms with Crippen molar-refractivity contribution in [3.63, 3.8) is 0 Å². The minimum absolute atomic E-state index is 0.345. The number of nitrogens with one attached hydrogen (secondary N) is 2. The lowest BCUT2D eigenvalue weighted by molar-refractivity contribution is -0.168. The molecule has 0 amide bonds. The van der Waals surface area contributed by atoms with Crippen molar-refractivity contribution in [2.75, 3.05) is 20.2 Å². The Morgan fingerprint density at radius 1 is 1.46 bits per heavy atom. The van der Waals surface area contributed by atoms with E-state index in [4.69, 9.17) is 4.74 Å². The fourth-order valence-electron chi connectivity index (χ4n) is 4.03. The van der Waals surface area contributed by atoms with E-state index in [1.165, 1.54) is 19.3 Å². The highest BCUT2D eigenvalue weighted by Gasteiger charge is 2.59. The van der Waals surface area contributed by atoms with Crippen LogP contribution >= 0.6 is 0 Å². The first-order chi connectivity index (χ1) is 11.7. The van der Waals surface area contributed by atoms with Crippen LogP contribution in [0.1, 0.15) is 45.4 Å². The second-order valence-corrected chi connectivity index (χ2v) is 6.76. The largest absolute Gasteiger partial charge is 0.378 e. The number of aromatic nitrogens is 3. The van der Waals surface area contributed by atoms with Gasteiger partial charge in [0.2, 0.25) is 0 Å². The summed E-state index contributed by atoms with van der Waals surface area (Å²) in [5.41, 5.74) is 0.345. The minimum Gasteiger partial charge on any atom is -0.378 e. The molecule has 2 saturated carbocycles. The van der Waals surface area contributed by atoms with Gasteiger partial charge in [-0.2, -0.15) is 0 Å². The summed E-state index contributed by atoms with van der Waals surface area (Å²) < 4.78 is 8.00. The first-order valence-electron chi connectivity index (χ1n) is 9.19. The summed E-state index contributed by atoms with van der Waals surface area (Å²) in [5, 5.41) is 15.1. The number of hydrogen-bond acceptors (Lipinski definition) is 4. The van der Waals surface area contributed by atoms with Gasteiger partial charge in [0, 0.05) is 44.6 Å². The Morgan fingerprint density at radius 2 is 2.29 bits per heavy atom. The fraction of sp³-hybridized carbons (Fsp3) is 0.824. The first kappa shape index (κ1) is 17.2. The monoisotopic (exact) mass is 334 g/mol. The molecule has 2 aliphatic carbocycles. The third kappa shape index (κ3) is 3.14. The van der Waals surface area contributed by atoms with E-state index < -0.39 is 0 Å². The van der Waals surface area contributed by atoms with E-state index >= 15 is 0 Å². The third-order valence-corrected chi connectivity index (χ3v) is 5.63. The molecule has 7 nitrogen and oxygen atoms in total. The van der Waals surface area contributed by atoms with Gasteiger partial charge in [0.1, 0.15) is 12.2 Å². The molecule has 2 unspecified atom stereocenters. The maximum absolute atomic E-state index is 5.92. The van der Waals surface area contributed by atoms with Crippen LogP contribution in [0.5, 0.6) is 0 Å². The van der Waals surface area contributed by atoms with Gasteiger partial charge < -0.3 is 19.9 Å². The van der Waals surface area contributed by atoms with Crippen LogP contribution in [0, 0.1) is 5.41 Å². The Balaban J connectivity index is 1.47. The van der Waals surface area contributed by atoms with Crippen LogP contribution in [0.15, 0.2) is 11.3 Å². The zero-order valence-electron chi connectivity index (χ0n) is 15.1. The highest BCUT2D eigenvalue weighted by molar-refractivity contribution is 5.80. The molecule has 0 saturated heterocycles. The molecule has 0 aromatic carbocycles. The number of guanidine groups is 1. The Kier molecular flexibility index (Phi) is 5.38. The molecule has 24 heavy (non-hydrogen) atoms. The topological polar surface area (TPSA) is 76.4 Å². The van der Waals surface area contributed by atoms with Crippen LogP contribution in [-0.4, -0.2) is 53.1 Å². The average Bonchev–Trinajstić information content (AvgIpc) is 2.98. The Morgan fingerprint density at radius 3 is 2.92 bits per heavy atom. The Hall–Kier alpha value is -1.63. The van der Waals surface area contributed by atoms with E-state index in [1.807, 2.05) is 7.05 Å². The van der Waals surface area contributed by atoms with Gasteiger partial charge in [-0.25, -0.2) is 0 Å². The molecule has 0 aliphatic heterocycles. The van der Waals surface area contributed by atoms with Crippen molar-refractivity contribution < 1.29 is 4.74 Å². The van der Waals surface area contributed by atoms with Crippen molar-refractivity contribution in [3.05, 3.63) is 12.2 Å². The van der Waals surface area contributed by atoms with Gasteiger partial charge in [-0.3, -0.25) is 4.99 Å². The van der Waals surface area contributed by atoms with Gasteiger partial charge in [-0.05, 0) is 26.2 Å². The van der Waals surface area contributed by atoms with Crippen LogP contribution in [0.25, 0.3) is 0 Å². The highest BCUT2D eigenvalue weighted by Crippen LogP contribution is 2.57. The molecule has 1 heterocycles. The predicted molar refractivity (Wildman–Crippen MR) is 94.0 cm³/mol. The maximum atomic E-state index is 5.92. The molecule has 7 heteroatoms. The van der Waals surface area contributed by atoms with Crippen molar-refractivity contribution in [3.8, 4) is 0 Å². The second kappa shape index (κ2) is 7.51. The number of aliphatic imine (C=N–C) groups is 1. The summed E-state index contributed by atoms with van der Waals surface area (Å²) in [6.07, 6.45) is 8.06. The number of nitrogens with zero attached hydrogens (tertiary/aromatic N) is 4. The average molecular weight is 334 g/mol. The smallest absolute Gasteiger partial charge is 0.191 e. The maximum Gasteiger partial charge on any atom is 0.191 e. The van der Waals surface area contributed by atoms with Crippen LogP contribution in [0.4, 0.5) is 0 Å². The van der Waals surface area contributed by atoms with Gasteiger partial charge in [-0.1, -0.05) is 13.3 Å². The summed E-state index contributed by atoms with van der Waals surface area (Å²) in [7, 11) is 1.83. The lowest BCUT2D eigenvalue weighted by Gasteiger charge is -2.61. The lowest BCUT2D eigenvalue weighted by atomic mass is 9.51. The van der Waals surface area contributed by atoms with Crippen molar-refractivity contribution in [2.24, 2.45) is 10.4 Å². The van der Waals surface area contributed by atoms with E-state index in [0.29, 0.717) is 17.6 Å². The quantitative estimate of drug-likeness (QED) is 0.581. The Labute approximate surface area is 144 Å². The zero-order chi connectivity index (χ0) is 17.0. The molecule has 0 bridgehead atoms. The number of ether oxygens (including phenoxy) is 1. The van der Waals surface area contributed by atoms with Crippen molar-refractivity contribution in [1.82, 2.24) is 25.4 Å². The number of aryl methyl sites for hydroxylation is 1. The zero-order valence-corrected chi connectivity index (χ0v) is 15.1. The molecule has 134 valence electrons. The third-order valence-electron chi connectivity index (χ3n) is 5.63. The summed E-state index contributed by atoms with van der Waals surface area (Å²) in [5.74, 6) is 1.90. The van der Waals surface area contributed by atoms with Gasteiger partial charge >= 0.3 is 0 Å². The van der Waals surface area contributed by atoms with Crippen molar-refractivity contribution in [1.29, 1.82) is 0 Å². The summed E-state index contributed by atoms with van der Waals surface area (Å²) in [4.78, 5) is 4.38. The molecular weight excluding hydrogens is 304 g/mol. The summed E-state index contributed by atoms with van der Waals surface area (Å²) in [6, 6.07) is 0.482. The molecule has 3 rings (SSSR count). The van der Waals surface area contributed by atoms with E-state index in [0.717, 1.165) is 44.3 Å². The SMILES string of the molecule is CCOC1CC(NC(=NC)NCCn2cnnc2CC)C12CCC2. The molecule has 2 fully saturated rings. The van der Waals surface area contributed by atoms with Crippen LogP contribution in [0.2, 0.25) is 0 Å². The predicted octanol–water partition coefficient (Wildman–Crippen LogP) is 1.35. The van der Waals surface area contributed by atoms with Crippen LogP contribution in [-0.2, 0) is 17.7 Å². The first-order valence-corrected chi connectivity index (χ1v) is 9.19. The normalized spacial score (nSPS) is 25.2. The molecule has 2 atom stereocenters. The van der Waals surface area contributed by atoms with Crippen LogP contribution in [0.3, 0.4) is 0 Å². The lowest BCUT2D eigenvalue weighted by Crippen LogP contribution is -2.68.